The largest absolute Gasteiger partial charge is 0.274 e. The highest BCUT2D eigenvalue weighted by atomic mass is 79.9. The second-order valence-corrected chi connectivity index (χ2v) is 8.40. The fourth-order valence-electron chi connectivity index (χ4n) is 1.23. The van der Waals surface area contributed by atoms with Crippen molar-refractivity contribution in [1.82, 2.24) is 4.98 Å². The Morgan fingerprint density at radius 2 is 2.11 bits per heavy atom. The first-order valence-corrected chi connectivity index (χ1v) is 9.15. The number of aromatic nitrogens is 1. The lowest BCUT2D eigenvalue weighted by atomic mass is 10.2. The summed E-state index contributed by atoms with van der Waals surface area (Å²) in [5.41, 5.74) is 0.892. The van der Waals surface area contributed by atoms with Crippen molar-refractivity contribution >= 4 is 53.8 Å². The molecule has 0 fully saturated rings. The van der Waals surface area contributed by atoms with Crippen LogP contribution in [0.15, 0.2) is 25.5 Å². The van der Waals surface area contributed by atoms with Crippen molar-refractivity contribution in [1.29, 1.82) is 0 Å². The number of nitrogens with zero attached hydrogens (tertiary/aromatic N) is 1. The van der Waals surface area contributed by atoms with Gasteiger partial charge in [-0.1, -0.05) is 13.8 Å². The monoisotopic (exact) mass is 366 g/mol. The predicted molar refractivity (Wildman–Crippen MR) is 79.0 cm³/mol. The van der Waals surface area contributed by atoms with Crippen molar-refractivity contribution in [3.05, 3.63) is 27.0 Å². The van der Waals surface area contributed by atoms with Gasteiger partial charge in [-0.05, 0) is 33.3 Å². The average Bonchev–Trinajstić information content (AvgIpc) is 2.86. The molecule has 0 atom stereocenters. The summed E-state index contributed by atoms with van der Waals surface area (Å²) in [6.07, 6.45) is 0. The maximum atomic E-state index is 12.1. The fourth-order valence-corrected chi connectivity index (χ4v) is 5.69. The lowest BCUT2D eigenvalue weighted by Gasteiger charge is -2.03. The summed E-state index contributed by atoms with van der Waals surface area (Å²) in [6, 6.07) is 1.71. The molecule has 0 saturated heterocycles. The molecule has 2 aromatic rings. The van der Waals surface area contributed by atoms with E-state index in [0.717, 1.165) is 5.69 Å². The minimum atomic E-state index is -3.54. The van der Waals surface area contributed by atoms with Gasteiger partial charge in [0.15, 0.2) is 9.34 Å². The van der Waals surface area contributed by atoms with E-state index in [1.165, 1.54) is 22.7 Å². The van der Waals surface area contributed by atoms with Crippen LogP contribution in [0.2, 0.25) is 0 Å². The van der Waals surface area contributed by atoms with Crippen molar-refractivity contribution < 1.29 is 8.42 Å². The van der Waals surface area contributed by atoms with Crippen LogP contribution in [0.4, 0.5) is 5.13 Å². The molecule has 2 aromatic heterocycles. The van der Waals surface area contributed by atoms with E-state index in [1.54, 1.807) is 11.4 Å². The Morgan fingerprint density at radius 1 is 1.39 bits per heavy atom. The van der Waals surface area contributed by atoms with Gasteiger partial charge in [0.2, 0.25) is 0 Å². The van der Waals surface area contributed by atoms with Crippen LogP contribution in [0.1, 0.15) is 25.5 Å². The number of hydrogen-bond donors (Lipinski definition) is 1. The number of nitrogens with one attached hydrogen (secondary N) is 1. The molecule has 0 spiro atoms. The third-order valence-corrected chi connectivity index (χ3v) is 7.08. The first kappa shape index (κ1) is 14.0. The van der Waals surface area contributed by atoms with Crippen molar-refractivity contribution in [3.8, 4) is 0 Å². The summed E-state index contributed by atoms with van der Waals surface area (Å²) in [6.45, 7) is 4.03. The highest BCUT2D eigenvalue weighted by Crippen LogP contribution is 2.30. The summed E-state index contributed by atoms with van der Waals surface area (Å²) in [4.78, 5) is 4.25. The summed E-state index contributed by atoms with van der Waals surface area (Å²) in [5.74, 6) is 0.285. The molecule has 8 heteroatoms. The van der Waals surface area contributed by atoms with Gasteiger partial charge in [-0.25, -0.2) is 13.4 Å². The van der Waals surface area contributed by atoms with Crippen LogP contribution in [0.25, 0.3) is 0 Å². The van der Waals surface area contributed by atoms with Gasteiger partial charge in [-0.3, -0.25) is 4.72 Å². The maximum Gasteiger partial charge on any atom is 0.274 e. The Bertz CT molecular complexity index is 646. The van der Waals surface area contributed by atoms with Gasteiger partial charge in [0, 0.05) is 9.85 Å². The van der Waals surface area contributed by atoms with Crippen LogP contribution in [-0.4, -0.2) is 13.4 Å². The van der Waals surface area contributed by atoms with E-state index in [1.807, 2.05) is 19.2 Å². The standard InChI is InChI=1S/C10H11BrN2O2S3/c1-6(2)8-5-17-10(12-8)13-18(14,15)9-7(11)3-4-16-9/h3-6H,1-2H3,(H,12,13). The lowest BCUT2D eigenvalue weighted by Crippen LogP contribution is -2.11. The molecular weight excluding hydrogens is 356 g/mol. The summed E-state index contributed by atoms with van der Waals surface area (Å²) < 4.78 is 27.5. The van der Waals surface area contributed by atoms with Gasteiger partial charge in [0.1, 0.15) is 0 Å². The third kappa shape index (κ3) is 2.93. The highest BCUT2D eigenvalue weighted by molar-refractivity contribution is 9.10. The molecule has 0 aromatic carbocycles. The zero-order chi connectivity index (χ0) is 13.3. The Morgan fingerprint density at radius 3 is 2.61 bits per heavy atom. The van der Waals surface area contributed by atoms with Crippen LogP contribution >= 0.6 is 38.6 Å². The summed E-state index contributed by atoms with van der Waals surface area (Å²) in [7, 11) is -3.54. The highest BCUT2D eigenvalue weighted by Gasteiger charge is 2.20. The van der Waals surface area contributed by atoms with E-state index < -0.39 is 10.0 Å². The first-order valence-electron chi connectivity index (χ1n) is 5.11. The molecule has 0 unspecified atom stereocenters. The van der Waals surface area contributed by atoms with E-state index >= 15 is 0 Å². The maximum absolute atomic E-state index is 12.1. The minimum absolute atomic E-state index is 0.267. The number of sulfonamides is 1. The predicted octanol–water partition coefficient (Wildman–Crippen LogP) is 3.89. The van der Waals surface area contributed by atoms with Crippen molar-refractivity contribution in [2.45, 2.75) is 24.0 Å². The topological polar surface area (TPSA) is 59.1 Å². The zero-order valence-electron chi connectivity index (χ0n) is 9.68. The van der Waals surface area contributed by atoms with Gasteiger partial charge < -0.3 is 0 Å². The molecule has 1 N–H and O–H groups in total. The van der Waals surface area contributed by atoms with E-state index in [9.17, 15) is 8.42 Å². The van der Waals surface area contributed by atoms with Crippen LogP contribution in [0.5, 0.6) is 0 Å². The molecule has 0 amide bonds. The van der Waals surface area contributed by atoms with Crippen LogP contribution in [-0.2, 0) is 10.0 Å². The molecule has 98 valence electrons. The molecule has 2 rings (SSSR count). The van der Waals surface area contributed by atoms with E-state index in [0.29, 0.717) is 9.60 Å². The van der Waals surface area contributed by atoms with Crippen LogP contribution in [0.3, 0.4) is 0 Å². The third-order valence-electron chi connectivity index (χ3n) is 2.16. The fraction of sp³-hybridized carbons (Fsp3) is 0.300. The number of thiazole rings is 1. The van der Waals surface area contributed by atoms with Crippen molar-refractivity contribution in [3.63, 3.8) is 0 Å². The molecule has 2 heterocycles. The Kier molecular flexibility index (Phi) is 4.10. The number of halogens is 1. The Balaban J connectivity index is 2.25. The van der Waals surface area contributed by atoms with Gasteiger partial charge in [-0.2, -0.15) is 0 Å². The first-order chi connectivity index (χ1) is 8.40. The van der Waals surface area contributed by atoms with Crippen LogP contribution in [0, 0.1) is 0 Å². The quantitative estimate of drug-likeness (QED) is 0.892. The van der Waals surface area contributed by atoms with Gasteiger partial charge in [-0.15, -0.1) is 22.7 Å². The normalized spacial score (nSPS) is 12.0. The number of anilines is 1. The Labute approximate surface area is 122 Å². The number of rotatable bonds is 4. The smallest absolute Gasteiger partial charge is 0.254 e. The molecule has 0 aliphatic rings. The molecule has 0 radical (unpaired) electrons. The Hall–Kier alpha value is -0.440. The zero-order valence-corrected chi connectivity index (χ0v) is 13.7. The van der Waals surface area contributed by atoms with E-state index in [2.05, 4.69) is 25.6 Å². The number of hydrogen-bond acceptors (Lipinski definition) is 5. The average molecular weight is 367 g/mol. The SMILES string of the molecule is CC(C)c1csc(NS(=O)(=O)c2sccc2Br)n1. The molecule has 0 bridgehead atoms. The molecular formula is C10H11BrN2O2S3. The summed E-state index contributed by atoms with van der Waals surface area (Å²) in [5, 5.41) is 3.99. The van der Waals surface area contributed by atoms with Crippen molar-refractivity contribution in [2.75, 3.05) is 4.72 Å². The van der Waals surface area contributed by atoms with E-state index in [4.69, 9.17) is 0 Å². The molecule has 18 heavy (non-hydrogen) atoms. The lowest BCUT2D eigenvalue weighted by molar-refractivity contribution is 0.602. The minimum Gasteiger partial charge on any atom is -0.254 e. The second kappa shape index (κ2) is 5.28. The van der Waals surface area contributed by atoms with Gasteiger partial charge in [0.05, 0.1) is 5.69 Å². The van der Waals surface area contributed by atoms with Gasteiger partial charge >= 0.3 is 0 Å². The van der Waals surface area contributed by atoms with E-state index in [-0.39, 0.29) is 10.1 Å². The molecule has 0 aliphatic carbocycles. The second-order valence-electron chi connectivity index (χ2n) is 3.89. The molecule has 0 aliphatic heterocycles. The van der Waals surface area contributed by atoms with Gasteiger partial charge in [0.25, 0.3) is 10.0 Å². The number of thiophene rings is 1. The van der Waals surface area contributed by atoms with Crippen molar-refractivity contribution in [2.24, 2.45) is 0 Å². The molecule has 0 saturated carbocycles. The molecule has 4 nitrogen and oxygen atoms in total. The van der Waals surface area contributed by atoms with Crippen LogP contribution < -0.4 is 4.72 Å². The summed E-state index contributed by atoms with van der Waals surface area (Å²) >= 11 is 5.68.